The quantitative estimate of drug-likeness (QED) is 0.567. The summed E-state index contributed by atoms with van der Waals surface area (Å²) in [5.41, 5.74) is 2.26. The minimum absolute atomic E-state index is 0.000607. The fraction of sp³-hybridized carbons (Fsp3) is 0.630. The molecule has 5 atom stereocenters. The lowest BCUT2D eigenvalue weighted by Gasteiger charge is -2.48. The molecule has 2 aliphatic rings. The third-order valence-electron chi connectivity index (χ3n) is 8.07. The zero-order valence-corrected chi connectivity index (χ0v) is 21.7. The number of carbonyl (C=O) groups excluding carboxylic acids is 2. The van der Waals surface area contributed by atoms with Crippen molar-refractivity contribution >= 4 is 22.8 Å². The lowest BCUT2D eigenvalue weighted by molar-refractivity contribution is -0.154. The molecule has 192 valence electrons. The molecule has 2 aromatic rings. The zero-order valence-electron chi connectivity index (χ0n) is 21.7. The summed E-state index contributed by atoms with van der Waals surface area (Å²) in [7, 11) is 4.75. The van der Waals surface area contributed by atoms with Crippen molar-refractivity contribution in [2.75, 3.05) is 41.0 Å². The zero-order chi connectivity index (χ0) is 25.3. The van der Waals surface area contributed by atoms with Gasteiger partial charge in [-0.25, -0.2) is 0 Å². The Morgan fingerprint density at radius 1 is 1.20 bits per heavy atom. The molecular formula is C27H38N2O6. The maximum atomic E-state index is 13.7. The Hall–Kier alpha value is -2.74. The minimum atomic E-state index is -0.793. The number of ether oxygens (including phenoxy) is 4. The average molecular weight is 487 g/mol. The van der Waals surface area contributed by atoms with E-state index >= 15 is 0 Å². The summed E-state index contributed by atoms with van der Waals surface area (Å²) in [6, 6.07) is 3.96. The van der Waals surface area contributed by atoms with Crippen molar-refractivity contribution in [1.29, 1.82) is 0 Å². The number of aromatic amines is 1. The van der Waals surface area contributed by atoms with Gasteiger partial charge in [-0.2, -0.15) is 0 Å². The van der Waals surface area contributed by atoms with Gasteiger partial charge in [0.1, 0.15) is 5.41 Å². The number of fused-ring (bicyclic) bond motifs is 6. The van der Waals surface area contributed by atoms with E-state index in [-0.39, 0.29) is 18.0 Å². The standard InChI is InChI=1S/C27H38N2O6/c1-16(8-10-35-18(3)30)11-19-14-27(26(31)34-6)17(2)29(15-19)9-7-20-21-12-23(32-4)24(33-5)13-22(21)28-25(20)27/h12-13,16-17,19,28H,7-11,14-15H2,1-6H3/t16?,17?,19-,27?/m0/s1. The maximum Gasteiger partial charge on any atom is 0.319 e. The van der Waals surface area contributed by atoms with Gasteiger partial charge in [-0.3, -0.25) is 14.5 Å². The van der Waals surface area contributed by atoms with Crippen molar-refractivity contribution in [1.82, 2.24) is 9.88 Å². The second-order valence-electron chi connectivity index (χ2n) is 10.2. The molecule has 8 heteroatoms. The summed E-state index contributed by atoms with van der Waals surface area (Å²) >= 11 is 0. The van der Waals surface area contributed by atoms with Crippen LogP contribution in [-0.4, -0.2) is 68.9 Å². The van der Waals surface area contributed by atoms with Crippen LogP contribution >= 0.6 is 0 Å². The first-order chi connectivity index (χ1) is 16.7. The second kappa shape index (κ2) is 10.1. The molecule has 0 radical (unpaired) electrons. The van der Waals surface area contributed by atoms with E-state index in [0.29, 0.717) is 36.4 Å². The summed E-state index contributed by atoms with van der Waals surface area (Å²) in [6.07, 6.45) is 3.32. The van der Waals surface area contributed by atoms with Crippen molar-refractivity contribution in [2.24, 2.45) is 11.8 Å². The lowest BCUT2D eigenvalue weighted by Crippen LogP contribution is -2.59. The van der Waals surface area contributed by atoms with Gasteiger partial charge >= 0.3 is 11.9 Å². The van der Waals surface area contributed by atoms with E-state index in [0.717, 1.165) is 54.5 Å². The number of carbonyl (C=O) groups is 2. The van der Waals surface area contributed by atoms with Gasteiger partial charge in [-0.05, 0) is 56.1 Å². The molecule has 0 spiro atoms. The molecule has 0 amide bonds. The molecule has 1 saturated heterocycles. The van der Waals surface area contributed by atoms with Crippen LogP contribution in [0, 0.1) is 11.8 Å². The highest BCUT2D eigenvalue weighted by Gasteiger charge is 2.56. The van der Waals surface area contributed by atoms with Crippen LogP contribution in [0.5, 0.6) is 11.5 Å². The maximum absolute atomic E-state index is 13.7. The summed E-state index contributed by atoms with van der Waals surface area (Å²) in [4.78, 5) is 30.9. The van der Waals surface area contributed by atoms with Crippen LogP contribution in [0.2, 0.25) is 0 Å². The normalized spacial score (nSPS) is 26.4. The Morgan fingerprint density at radius 3 is 2.57 bits per heavy atom. The number of esters is 2. The van der Waals surface area contributed by atoms with Crippen molar-refractivity contribution in [3.63, 3.8) is 0 Å². The topological polar surface area (TPSA) is 90.1 Å². The van der Waals surface area contributed by atoms with Gasteiger partial charge in [-0.15, -0.1) is 0 Å². The molecule has 8 nitrogen and oxygen atoms in total. The second-order valence-corrected chi connectivity index (χ2v) is 10.2. The third-order valence-corrected chi connectivity index (χ3v) is 8.07. The van der Waals surface area contributed by atoms with Gasteiger partial charge in [0, 0.05) is 48.7 Å². The highest BCUT2D eigenvalue weighted by Crippen LogP contribution is 2.49. The minimum Gasteiger partial charge on any atom is -0.493 e. The number of benzene rings is 1. The summed E-state index contributed by atoms with van der Waals surface area (Å²) in [6.45, 7) is 8.02. The fourth-order valence-electron chi connectivity index (χ4n) is 6.35. The molecule has 2 aliphatic heterocycles. The van der Waals surface area contributed by atoms with Crippen LogP contribution in [0.3, 0.4) is 0 Å². The average Bonchev–Trinajstić information content (AvgIpc) is 3.17. The van der Waals surface area contributed by atoms with Gasteiger partial charge in [0.15, 0.2) is 11.5 Å². The fourth-order valence-corrected chi connectivity index (χ4v) is 6.35. The van der Waals surface area contributed by atoms with Crippen molar-refractivity contribution < 1.29 is 28.5 Å². The molecule has 35 heavy (non-hydrogen) atoms. The van der Waals surface area contributed by atoms with Crippen LogP contribution in [0.1, 0.15) is 51.3 Å². The number of aromatic nitrogens is 1. The first-order valence-corrected chi connectivity index (χ1v) is 12.5. The van der Waals surface area contributed by atoms with Crippen LogP contribution < -0.4 is 9.47 Å². The molecule has 1 fully saturated rings. The Bertz CT molecular complexity index is 1100. The summed E-state index contributed by atoms with van der Waals surface area (Å²) in [5.74, 6) is 1.58. The number of H-pyrrole nitrogens is 1. The van der Waals surface area contributed by atoms with Gasteiger partial charge in [-0.1, -0.05) is 6.92 Å². The number of nitrogens with zero attached hydrogens (tertiary/aromatic N) is 1. The molecule has 1 aromatic heterocycles. The molecule has 1 aromatic carbocycles. The van der Waals surface area contributed by atoms with Crippen LogP contribution in [0.4, 0.5) is 0 Å². The van der Waals surface area contributed by atoms with E-state index in [1.807, 2.05) is 12.1 Å². The van der Waals surface area contributed by atoms with E-state index in [4.69, 9.17) is 18.9 Å². The molecule has 0 saturated carbocycles. The molecule has 3 heterocycles. The highest BCUT2D eigenvalue weighted by molar-refractivity contribution is 5.93. The smallest absolute Gasteiger partial charge is 0.319 e. The third kappa shape index (κ3) is 4.48. The Labute approximate surface area is 207 Å². The number of rotatable bonds is 8. The first-order valence-electron chi connectivity index (χ1n) is 12.5. The Morgan fingerprint density at radius 2 is 1.91 bits per heavy atom. The van der Waals surface area contributed by atoms with E-state index in [1.54, 1.807) is 14.2 Å². The van der Waals surface area contributed by atoms with Gasteiger partial charge in [0.2, 0.25) is 0 Å². The van der Waals surface area contributed by atoms with Crippen molar-refractivity contribution in [2.45, 2.75) is 57.9 Å². The van der Waals surface area contributed by atoms with Crippen LogP contribution in [-0.2, 0) is 30.9 Å². The van der Waals surface area contributed by atoms with Gasteiger partial charge < -0.3 is 23.9 Å². The van der Waals surface area contributed by atoms with E-state index < -0.39 is 5.41 Å². The molecule has 4 rings (SSSR count). The highest BCUT2D eigenvalue weighted by atomic mass is 16.5. The van der Waals surface area contributed by atoms with Gasteiger partial charge in [0.05, 0.1) is 27.9 Å². The predicted molar refractivity (Wildman–Crippen MR) is 133 cm³/mol. The molecule has 1 N–H and O–H groups in total. The van der Waals surface area contributed by atoms with E-state index in [1.165, 1.54) is 14.0 Å². The number of hydrogen-bond acceptors (Lipinski definition) is 7. The predicted octanol–water partition coefficient (Wildman–Crippen LogP) is 3.84. The molecule has 0 aliphatic carbocycles. The van der Waals surface area contributed by atoms with E-state index in [9.17, 15) is 9.59 Å². The number of methoxy groups -OCH3 is 3. The Kier molecular flexibility index (Phi) is 7.31. The number of hydrogen-bond donors (Lipinski definition) is 1. The first kappa shape index (κ1) is 25.4. The van der Waals surface area contributed by atoms with Crippen molar-refractivity contribution in [3.05, 3.63) is 23.4 Å². The lowest BCUT2D eigenvalue weighted by atomic mass is 9.66. The SMILES string of the molecule is COC(=O)C12C[C@H](CC(C)CCOC(C)=O)CN(CCc3c1[nH]c1cc(OC)c(OC)cc31)C2C. The largest absolute Gasteiger partial charge is 0.493 e. The molecule has 2 bridgehead atoms. The van der Waals surface area contributed by atoms with Crippen molar-refractivity contribution in [3.8, 4) is 11.5 Å². The monoisotopic (exact) mass is 486 g/mol. The Balaban J connectivity index is 1.75. The van der Waals surface area contributed by atoms with Crippen LogP contribution in [0.25, 0.3) is 10.9 Å². The van der Waals surface area contributed by atoms with Crippen LogP contribution in [0.15, 0.2) is 12.1 Å². The number of nitrogens with one attached hydrogen (secondary N) is 1. The van der Waals surface area contributed by atoms with Gasteiger partial charge in [0.25, 0.3) is 0 Å². The summed E-state index contributed by atoms with van der Waals surface area (Å²) in [5, 5.41) is 1.06. The van der Waals surface area contributed by atoms with E-state index in [2.05, 4.69) is 23.7 Å². The molecular weight excluding hydrogens is 448 g/mol. The summed E-state index contributed by atoms with van der Waals surface area (Å²) < 4.78 is 21.7. The molecule has 4 unspecified atom stereocenters. The number of piperidine rings is 1.